The molecule has 1 amide bonds. The Balaban J connectivity index is 1.71. The maximum Gasteiger partial charge on any atom is 0.297 e. The molecule has 4 rings (SSSR count). The molecule has 1 aromatic heterocycles. The molecule has 0 unspecified atom stereocenters. The summed E-state index contributed by atoms with van der Waals surface area (Å²) in [4.78, 5) is 16.9. The number of hydrogen-bond donors (Lipinski definition) is 0. The van der Waals surface area contributed by atoms with Gasteiger partial charge in [-0.1, -0.05) is 25.1 Å². The predicted octanol–water partition coefficient (Wildman–Crippen LogP) is 2.66. The molecular formula is C17H19N3O3. The summed E-state index contributed by atoms with van der Waals surface area (Å²) in [6.45, 7) is 7.01. The highest BCUT2D eigenvalue weighted by Crippen LogP contribution is 2.43. The van der Waals surface area contributed by atoms with E-state index in [1.807, 2.05) is 32.0 Å². The number of carbonyl (C=O) groups is 1. The molecule has 3 heterocycles. The lowest BCUT2D eigenvalue weighted by Gasteiger charge is -2.40. The summed E-state index contributed by atoms with van der Waals surface area (Å²) < 4.78 is 11.0. The number of ether oxygens (including phenoxy) is 1. The van der Waals surface area contributed by atoms with Crippen molar-refractivity contribution in [1.29, 1.82) is 0 Å². The van der Waals surface area contributed by atoms with Gasteiger partial charge in [0.15, 0.2) is 0 Å². The Morgan fingerprint density at radius 3 is 2.91 bits per heavy atom. The third kappa shape index (κ3) is 2.25. The third-order valence-electron chi connectivity index (χ3n) is 4.37. The molecule has 0 saturated heterocycles. The number of hydrogen-bond acceptors (Lipinski definition) is 5. The molecule has 2 aromatic rings. The van der Waals surface area contributed by atoms with Crippen LogP contribution in [0.15, 0.2) is 28.8 Å². The van der Waals surface area contributed by atoms with Crippen LogP contribution in [0.4, 0.5) is 11.4 Å². The van der Waals surface area contributed by atoms with Crippen LogP contribution in [0, 0.1) is 0 Å². The number of aromatic nitrogens is 1. The zero-order valence-corrected chi connectivity index (χ0v) is 13.3. The van der Waals surface area contributed by atoms with Gasteiger partial charge in [-0.3, -0.25) is 4.79 Å². The molecule has 0 bridgehead atoms. The van der Waals surface area contributed by atoms with E-state index in [4.69, 9.17) is 9.26 Å². The Hall–Kier alpha value is -2.50. The maximum atomic E-state index is 12.9. The summed E-state index contributed by atoms with van der Waals surface area (Å²) in [7, 11) is 0. The van der Waals surface area contributed by atoms with E-state index in [0.29, 0.717) is 13.2 Å². The predicted molar refractivity (Wildman–Crippen MR) is 86.4 cm³/mol. The van der Waals surface area contributed by atoms with Crippen LogP contribution in [0.1, 0.15) is 36.0 Å². The summed E-state index contributed by atoms with van der Waals surface area (Å²) in [6, 6.07) is 7.57. The highest BCUT2D eigenvalue weighted by atomic mass is 16.5. The third-order valence-corrected chi connectivity index (χ3v) is 4.37. The van der Waals surface area contributed by atoms with E-state index in [0.717, 1.165) is 35.9 Å². The first-order valence-electron chi connectivity index (χ1n) is 7.94. The van der Waals surface area contributed by atoms with Crippen LogP contribution >= 0.6 is 0 Å². The molecule has 0 N–H and O–H groups in total. The van der Waals surface area contributed by atoms with Crippen molar-refractivity contribution < 1.29 is 14.1 Å². The minimum absolute atomic E-state index is 0.150. The van der Waals surface area contributed by atoms with Crippen LogP contribution in [0.5, 0.6) is 5.75 Å². The van der Waals surface area contributed by atoms with Gasteiger partial charge in [0.2, 0.25) is 5.76 Å². The zero-order valence-electron chi connectivity index (χ0n) is 13.3. The molecule has 120 valence electrons. The highest BCUT2D eigenvalue weighted by molar-refractivity contribution is 6.07. The van der Waals surface area contributed by atoms with Crippen molar-refractivity contribution in [3.63, 3.8) is 0 Å². The van der Waals surface area contributed by atoms with Crippen molar-refractivity contribution in [2.24, 2.45) is 0 Å². The molecule has 0 spiro atoms. The second-order valence-corrected chi connectivity index (χ2v) is 6.19. The first kappa shape index (κ1) is 14.1. The molecule has 6 heteroatoms. The number of nitrogens with zero attached hydrogens (tertiary/aromatic N) is 3. The molecule has 1 aromatic carbocycles. The minimum atomic E-state index is -0.150. The molecule has 2 aliphatic heterocycles. The fourth-order valence-corrected chi connectivity index (χ4v) is 3.11. The number of amides is 1. The number of anilines is 2. The second kappa shape index (κ2) is 5.30. The van der Waals surface area contributed by atoms with Crippen molar-refractivity contribution in [3.05, 3.63) is 35.7 Å². The number of benzene rings is 1. The number of rotatable bonds is 2. The lowest BCUT2D eigenvalue weighted by molar-refractivity contribution is 0.0950. The van der Waals surface area contributed by atoms with E-state index in [9.17, 15) is 4.79 Å². The highest BCUT2D eigenvalue weighted by Gasteiger charge is 2.33. The van der Waals surface area contributed by atoms with Crippen molar-refractivity contribution in [3.8, 4) is 5.75 Å². The summed E-state index contributed by atoms with van der Waals surface area (Å²) in [5.41, 5.74) is 2.67. The first-order chi connectivity index (χ1) is 11.1. The lowest BCUT2D eigenvalue weighted by Crippen LogP contribution is -2.46. The number of carbonyl (C=O) groups excluding carboxylic acids is 1. The molecule has 0 radical (unpaired) electrons. The van der Waals surface area contributed by atoms with E-state index in [2.05, 4.69) is 10.1 Å². The Morgan fingerprint density at radius 2 is 2.13 bits per heavy atom. The molecule has 6 nitrogen and oxygen atoms in total. The molecule has 2 aliphatic rings. The maximum absolute atomic E-state index is 12.9. The van der Waals surface area contributed by atoms with Crippen LogP contribution in [0.2, 0.25) is 0 Å². The summed E-state index contributed by atoms with van der Waals surface area (Å²) in [5, 5.41) is 3.99. The van der Waals surface area contributed by atoms with Gasteiger partial charge in [0.1, 0.15) is 18.0 Å². The molecule has 0 atom stereocenters. The normalized spacial score (nSPS) is 16.3. The molecule has 0 fully saturated rings. The molecular weight excluding hydrogens is 294 g/mol. The van der Waals surface area contributed by atoms with Crippen molar-refractivity contribution in [2.45, 2.75) is 19.8 Å². The van der Waals surface area contributed by atoms with Gasteiger partial charge in [-0.25, -0.2) is 0 Å². The van der Waals surface area contributed by atoms with E-state index in [1.54, 1.807) is 11.0 Å². The standard InChI is InChI=1S/C17H19N3O3/c1-11(2)12-10-15(23-18-12)17(21)20-7-6-19-8-9-22-14-5-3-4-13(20)16(14)19/h3-5,10-11H,6-9H2,1-2H3. The van der Waals surface area contributed by atoms with Gasteiger partial charge in [0.05, 0.1) is 17.9 Å². The molecule has 0 saturated carbocycles. The van der Waals surface area contributed by atoms with Crippen LogP contribution in [0.3, 0.4) is 0 Å². The molecule has 23 heavy (non-hydrogen) atoms. The van der Waals surface area contributed by atoms with Gasteiger partial charge in [-0.15, -0.1) is 0 Å². The van der Waals surface area contributed by atoms with E-state index in [1.165, 1.54) is 0 Å². The Morgan fingerprint density at radius 1 is 1.26 bits per heavy atom. The summed E-state index contributed by atoms with van der Waals surface area (Å²) in [6.07, 6.45) is 0. The summed E-state index contributed by atoms with van der Waals surface area (Å²) in [5.74, 6) is 1.21. The smallest absolute Gasteiger partial charge is 0.297 e. The second-order valence-electron chi connectivity index (χ2n) is 6.19. The Kier molecular flexibility index (Phi) is 3.25. The van der Waals surface area contributed by atoms with Gasteiger partial charge in [-0.05, 0) is 18.1 Å². The van der Waals surface area contributed by atoms with Crippen molar-refractivity contribution >= 4 is 17.3 Å². The van der Waals surface area contributed by atoms with Crippen LogP contribution in [-0.4, -0.2) is 37.3 Å². The van der Waals surface area contributed by atoms with Crippen molar-refractivity contribution in [2.75, 3.05) is 36.0 Å². The monoisotopic (exact) mass is 313 g/mol. The fourth-order valence-electron chi connectivity index (χ4n) is 3.11. The fraction of sp³-hybridized carbons (Fsp3) is 0.412. The van der Waals surface area contributed by atoms with Crippen LogP contribution < -0.4 is 14.5 Å². The largest absolute Gasteiger partial charge is 0.489 e. The van der Waals surface area contributed by atoms with Crippen molar-refractivity contribution in [1.82, 2.24) is 5.16 Å². The average Bonchev–Trinajstić information content (AvgIpc) is 3.05. The SMILES string of the molecule is CC(C)c1cc(C(=O)N2CCN3CCOc4cccc2c43)on1. The Labute approximate surface area is 134 Å². The lowest BCUT2D eigenvalue weighted by atomic mass is 10.1. The summed E-state index contributed by atoms with van der Waals surface area (Å²) >= 11 is 0. The topological polar surface area (TPSA) is 58.8 Å². The van der Waals surface area contributed by atoms with Crippen LogP contribution in [0.25, 0.3) is 0 Å². The quantitative estimate of drug-likeness (QED) is 0.853. The minimum Gasteiger partial charge on any atom is -0.489 e. The van der Waals surface area contributed by atoms with Gasteiger partial charge in [0, 0.05) is 19.2 Å². The Bertz CT molecular complexity index is 753. The van der Waals surface area contributed by atoms with E-state index >= 15 is 0 Å². The van der Waals surface area contributed by atoms with Gasteiger partial charge in [0.25, 0.3) is 5.91 Å². The van der Waals surface area contributed by atoms with E-state index < -0.39 is 0 Å². The number of para-hydroxylation sites is 1. The molecule has 0 aliphatic carbocycles. The van der Waals surface area contributed by atoms with Gasteiger partial charge < -0.3 is 19.1 Å². The first-order valence-corrected chi connectivity index (χ1v) is 7.94. The van der Waals surface area contributed by atoms with E-state index in [-0.39, 0.29) is 17.6 Å². The average molecular weight is 313 g/mol. The van der Waals surface area contributed by atoms with Crippen LogP contribution in [-0.2, 0) is 0 Å². The zero-order chi connectivity index (χ0) is 16.0. The van der Waals surface area contributed by atoms with Gasteiger partial charge in [-0.2, -0.15) is 0 Å². The van der Waals surface area contributed by atoms with Gasteiger partial charge >= 0.3 is 0 Å².